The van der Waals surface area contributed by atoms with Gasteiger partial charge in [-0.2, -0.15) is 0 Å². The van der Waals surface area contributed by atoms with E-state index in [4.69, 9.17) is 11.6 Å². The first kappa shape index (κ1) is 13.6. The van der Waals surface area contributed by atoms with E-state index in [0.29, 0.717) is 17.3 Å². The maximum absolute atomic E-state index is 12.4. The molecule has 0 radical (unpaired) electrons. The molecule has 0 aliphatic carbocycles. The van der Waals surface area contributed by atoms with Crippen LogP contribution in [-0.4, -0.2) is 17.6 Å². The van der Waals surface area contributed by atoms with Crippen molar-refractivity contribution in [2.75, 3.05) is 16.8 Å². The van der Waals surface area contributed by atoms with Gasteiger partial charge in [0.25, 0.3) is 0 Å². The smallest absolute Gasteiger partial charge is 0.306 e. The molecule has 1 aromatic heterocycles. The number of halogens is 1. The number of aromatic nitrogens is 1. The Morgan fingerprint density at radius 2 is 2.33 bits per heavy atom. The van der Waals surface area contributed by atoms with Crippen LogP contribution in [-0.2, 0) is 6.42 Å². The molecule has 1 N–H and O–H groups in total. The molecule has 1 aliphatic heterocycles. The lowest BCUT2D eigenvalue weighted by Crippen LogP contribution is -2.33. The Kier molecular flexibility index (Phi) is 3.62. The van der Waals surface area contributed by atoms with E-state index in [-0.39, 0.29) is 6.03 Å². The number of rotatable bonds is 2. The Morgan fingerprint density at radius 3 is 3.05 bits per heavy atom. The Hall–Kier alpha value is -2.33. The van der Waals surface area contributed by atoms with Gasteiger partial charge in [-0.15, -0.1) is 0 Å². The molecule has 2 aromatic rings. The number of anilines is 2. The monoisotopic (exact) mass is 299 g/mol. The van der Waals surface area contributed by atoms with E-state index in [1.807, 2.05) is 12.1 Å². The number of nitrogens with one attached hydrogen (secondary N) is 1. The second-order valence-electron chi connectivity index (χ2n) is 4.78. The predicted molar refractivity (Wildman–Crippen MR) is 85.8 cm³/mol. The molecule has 0 unspecified atom stereocenters. The third-order valence-electron chi connectivity index (χ3n) is 3.47. The number of nitrogens with zero attached hydrogens (tertiary/aromatic N) is 2. The zero-order chi connectivity index (χ0) is 14.8. The molecule has 1 aromatic carbocycles. The molecule has 0 spiro atoms. The minimum atomic E-state index is -0.177. The average molecular weight is 300 g/mol. The van der Waals surface area contributed by atoms with Crippen LogP contribution in [0.1, 0.15) is 11.1 Å². The minimum absolute atomic E-state index is 0.177. The van der Waals surface area contributed by atoms with Crippen LogP contribution in [0.25, 0.3) is 6.08 Å². The maximum atomic E-state index is 12.4. The molecule has 0 saturated carbocycles. The largest absolute Gasteiger partial charge is 0.326 e. The van der Waals surface area contributed by atoms with E-state index >= 15 is 0 Å². The lowest BCUT2D eigenvalue weighted by atomic mass is 10.1. The molecule has 2 heterocycles. The highest BCUT2D eigenvalue weighted by atomic mass is 35.5. The first-order valence-electron chi connectivity index (χ1n) is 6.62. The molecule has 1 aliphatic rings. The van der Waals surface area contributed by atoms with Gasteiger partial charge in [0, 0.05) is 17.8 Å². The quantitative estimate of drug-likeness (QED) is 0.912. The molecular weight excluding hydrogens is 286 g/mol. The number of hydrogen-bond acceptors (Lipinski definition) is 2. The Labute approximate surface area is 128 Å². The van der Waals surface area contributed by atoms with Gasteiger partial charge < -0.3 is 5.32 Å². The summed E-state index contributed by atoms with van der Waals surface area (Å²) in [5.41, 5.74) is 3.53. The summed E-state index contributed by atoms with van der Waals surface area (Å²) in [6.45, 7) is 4.38. The molecule has 3 rings (SSSR count). The highest BCUT2D eigenvalue weighted by Crippen LogP contribution is 2.34. The number of benzene rings is 1. The number of carbonyl (C=O) groups is 1. The van der Waals surface area contributed by atoms with Gasteiger partial charge in [0.2, 0.25) is 0 Å². The van der Waals surface area contributed by atoms with Crippen LogP contribution in [0.2, 0.25) is 5.02 Å². The van der Waals surface area contributed by atoms with Gasteiger partial charge in [-0.3, -0.25) is 9.88 Å². The third kappa shape index (κ3) is 2.62. The van der Waals surface area contributed by atoms with Crippen molar-refractivity contribution >= 4 is 35.1 Å². The summed E-state index contributed by atoms with van der Waals surface area (Å²) < 4.78 is 0. The summed E-state index contributed by atoms with van der Waals surface area (Å²) in [5.74, 6) is 0. The van der Waals surface area contributed by atoms with Crippen LogP contribution in [0.5, 0.6) is 0 Å². The molecule has 5 heteroatoms. The van der Waals surface area contributed by atoms with Crippen LogP contribution < -0.4 is 10.2 Å². The van der Waals surface area contributed by atoms with Gasteiger partial charge in [-0.05, 0) is 41.8 Å². The zero-order valence-corrected chi connectivity index (χ0v) is 12.1. The second-order valence-corrected chi connectivity index (χ2v) is 5.19. The van der Waals surface area contributed by atoms with Gasteiger partial charge in [0.15, 0.2) is 0 Å². The number of fused-ring (bicyclic) bond motifs is 1. The third-order valence-corrected chi connectivity index (χ3v) is 3.80. The SMILES string of the molecule is C=Cc1cc2c(cc1Cl)N(C(=O)Nc1cccnc1)CC2. The first-order chi connectivity index (χ1) is 10.2. The minimum Gasteiger partial charge on any atom is -0.306 e. The van der Waals surface area contributed by atoms with Crippen molar-refractivity contribution in [3.05, 3.63) is 59.4 Å². The van der Waals surface area contributed by atoms with E-state index in [9.17, 15) is 4.79 Å². The van der Waals surface area contributed by atoms with Gasteiger partial charge in [-0.1, -0.05) is 24.3 Å². The fourth-order valence-electron chi connectivity index (χ4n) is 2.43. The number of hydrogen-bond donors (Lipinski definition) is 1. The van der Waals surface area contributed by atoms with Gasteiger partial charge >= 0.3 is 6.03 Å². The van der Waals surface area contributed by atoms with Crippen molar-refractivity contribution in [2.24, 2.45) is 0 Å². The van der Waals surface area contributed by atoms with Crippen molar-refractivity contribution in [1.82, 2.24) is 4.98 Å². The van der Waals surface area contributed by atoms with Gasteiger partial charge in [0.05, 0.1) is 17.6 Å². The molecule has 21 heavy (non-hydrogen) atoms. The summed E-state index contributed by atoms with van der Waals surface area (Å²) in [7, 11) is 0. The standard InChI is InChI=1S/C16H14ClN3O/c1-2-11-8-12-5-7-20(15(12)9-14(11)17)16(21)19-13-4-3-6-18-10-13/h2-4,6,8-10H,1,5,7H2,(H,19,21). The number of amides is 2. The number of pyridine rings is 1. The molecule has 0 saturated heterocycles. The average Bonchev–Trinajstić information content (AvgIpc) is 2.90. The second kappa shape index (κ2) is 5.58. The van der Waals surface area contributed by atoms with E-state index < -0.39 is 0 Å². The zero-order valence-electron chi connectivity index (χ0n) is 11.3. The summed E-state index contributed by atoms with van der Waals surface area (Å²) in [5, 5.41) is 3.44. The van der Waals surface area contributed by atoms with Crippen molar-refractivity contribution < 1.29 is 4.79 Å². The van der Waals surface area contributed by atoms with Crippen molar-refractivity contribution in [3.8, 4) is 0 Å². The summed E-state index contributed by atoms with van der Waals surface area (Å²) in [6, 6.07) is 7.21. The molecule has 106 valence electrons. The highest BCUT2D eigenvalue weighted by Gasteiger charge is 2.25. The van der Waals surface area contributed by atoms with Gasteiger partial charge in [0.1, 0.15) is 0 Å². The molecule has 0 fully saturated rings. The Balaban J connectivity index is 1.85. The molecule has 2 amide bonds. The number of urea groups is 1. The fraction of sp³-hybridized carbons (Fsp3) is 0.125. The topological polar surface area (TPSA) is 45.2 Å². The van der Waals surface area contributed by atoms with Crippen molar-refractivity contribution in [3.63, 3.8) is 0 Å². The van der Waals surface area contributed by atoms with Crippen LogP contribution >= 0.6 is 11.6 Å². The highest BCUT2D eigenvalue weighted by molar-refractivity contribution is 6.32. The Morgan fingerprint density at radius 1 is 1.48 bits per heavy atom. The van der Waals surface area contributed by atoms with E-state index in [1.165, 1.54) is 0 Å². The lowest BCUT2D eigenvalue weighted by Gasteiger charge is -2.18. The van der Waals surface area contributed by atoms with E-state index in [2.05, 4.69) is 16.9 Å². The van der Waals surface area contributed by atoms with Crippen LogP contribution in [0.3, 0.4) is 0 Å². The predicted octanol–water partition coefficient (Wildman–Crippen LogP) is 3.97. The summed E-state index contributed by atoms with van der Waals surface area (Å²) >= 11 is 6.20. The van der Waals surface area contributed by atoms with Gasteiger partial charge in [-0.25, -0.2) is 4.79 Å². The van der Waals surface area contributed by atoms with Crippen LogP contribution in [0, 0.1) is 0 Å². The van der Waals surface area contributed by atoms with Crippen molar-refractivity contribution in [1.29, 1.82) is 0 Å². The fourth-order valence-corrected chi connectivity index (χ4v) is 2.66. The first-order valence-corrected chi connectivity index (χ1v) is 7.00. The maximum Gasteiger partial charge on any atom is 0.326 e. The summed E-state index contributed by atoms with van der Waals surface area (Å²) in [4.78, 5) is 18.0. The van der Waals surface area contributed by atoms with Crippen molar-refractivity contribution in [2.45, 2.75) is 6.42 Å². The van der Waals surface area contributed by atoms with Crippen LogP contribution in [0.15, 0.2) is 43.2 Å². The Bertz CT molecular complexity index is 700. The lowest BCUT2D eigenvalue weighted by molar-refractivity contribution is 0.257. The number of carbonyl (C=O) groups excluding carboxylic acids is 1. The van der Waals surface area contributed by atoms with E-state index in [0.717, 1.165) is 23.2 Å². The summed E-state index contributed by atoms with van der Waals surface area (Å²) in [6.07, 6.45) is 5.81. The van der Waals surface area contributed by atoms with E-state index in [1.54, 1.807) is 35.5 Å². The molecular formula is C16H14ClN3O. The molecule has 0 atom stereocenters. The van der Waals surface area contributed by atoms with Crippen LogP contribution in [0.4, 0.5) is 16.2 Å². The molecule has 4 nitrogen and oxygen atoms in total. The normalized spacial score (nSPS) is 12.9. The molecule has 0 bridgehead atoms.